The van der Waals surface area contributed by atoms with Crippen molar-refractivity contribution in [2.75, 3.05) is 6.61 Å². The van der Waals surface area contributed by atoms with Crippen molar-refractivity contribution in [1.29, 1.82) is 0 Å². The summed E-state index contributed by atoms with van der Waals surface area (Å²) < 4.78 is 13.5. The molecule has 1 unspecified atom stereocenters. The van der Waals surface area contributed by atoms with Gasteiger partial charge in [-0.05, 0) is 65.2 Å². The van der Waals surface area contributed by atoms with Crippen molar-refractivity contribution in [3.05, 3.63) is 52.3 Å². The van der Waals surface area contributed by atoms with Crippen LogP contribution in [0.4, 0.5) is 0 Å². The second kappa shape index (κ2) is 12.5. The minimum atomic E-state index is -2.02. The van der Waals surface area contributed by atoms with Crippen LogP contribution in [0.2, 0.25) is 16.6 Å². The SMILES string of the molecule is CC(C)[Si](Oc1ccc(C(O)Cc2ccc(OCC3CC3)cc2Br)nc1)(C(C)C)C(C)C.[Na]. The predicted molar refractivity (Wildman–Crippen MR) is 143 cm³/mol. The van der Waals surface area contributed by atoms with Crippen LogP contribution in [0.15, 0.2) is 41.0 Å². The van der Waals surface area contributed by atoms with E-state index in [-0.39, 0.29) is 29.6 Å². The van der Waals surface area contributed by atoms with Gasteiger partial charge in [-0.1, -0.05) is 63.5 Å². The minimum Gasteiger partial charge on any atom is -0.542 e. The molecule has 4 nitrogen and oxygen atoms in total. The van der Waals surface area contributed by atoms with Gasteiger partial charge in [0.1, 0.15) is 11.5 Å². The number of halogens is 1. The van der Waals surface area contributed by atoms with Gasteiger partial charge in [-0.25, -0.2) is 0 Å². The first-order chi connectivity index (χ1) is 15.1. The molecular weight excluding hydrogens is 505 g/mol. The maximum absolute atomic E-state index is 10.8. The fourth-order valence-electron chi connectivity index (χ4n) is 4.80. The second-order valence-electron chi connectivity index (χ2n) is 10.1. The maximum atomic E-state index is 10.8. The van der Waals surface area contributed by atoms with E-state index in [1.54, 1.807) is 6.20 Å². The second-order valence-corrected chi connectivity index (χ2v) is 16.3. The van der Waals surface area contributed by atoms with Gasteiger partial charge >= 0.3 is 0 Å². The van der Waals surface area contributed by atoms with E-state index in [1.807, 2.05) is 30.3 Å². The summed E-state index contributed by atoms with van der Waals surface area (Å²) in [5, 5.41) is 10.8. The minimum absolute atomic E-state index is 0. The first-order valence-corrected chi connectivity index (χ1v) is 14.8. The van der Waals surface area contributed by atoms with E-state index in [4.69, 9.17) is 9.16 Å². The number of hydrogen-bond donors (Lipinski definition) is 1. The number of benzene rings is 1. The molecule has 0 aliphatic heterocycles. The van der Waals surface area contributed by atoms with Crippen LogP contribution in [0, 0.1) is 5.92 Å². The Kier molecular flexibility index (Phi) is 11.0. The zero-order chi connectivity index (χ0) is 23.5. The van der Waals surface area contributed by atoms with E-state index in [9.17, 15) is 5.11 Å². The molecule has 1 heterocycles. The van der Waals surface area contributed by atoms with Crippen LogP contribution in [-0.2, 0) is 6.42 Å². The Morgan fingerprint density at radius 1 is 1.00 bits per heavy atom. The summed E-state index contributed by atoms with van der Waals surface area (Å²) in [6, 6.07) is 9.84. The quantitative estimate of drug-likeness (QED) is 0.308. The molecule has 1 N–H and O–H groups in total. The Balaban J connectivity index is 0.00000385. The maximum Gasteiger partial charge on any atom is 0.258 e. The van der Waals surface area contributed by atoms with Crippen molar-refractivity contribution in [2.24, 2.45) is 5.92 Å². The van der Waals surface area contributed by atoms with Crippen molar-refractivity contribution < 1.29 is 14.3 Å². The van der Waals surface area contributed by atoms with Crippen molar-refractivity contribution >= 4 is 53.8 Å². The molecule has 1 aliphatic carbocycles. The van der Waals surface area contributed by atoms with Crippen molar-refractivity contribution in [3.8, 4) is 11.5 Å². The van der Waals surface area contributed by atoms with Crippen LogP contribution < -0.4 is 9.16 Å². The number of rotatable bonds is 11. The van der Waals surface area contributed by atoms with Gasteiger partial charge in [0.15, 0.2) is 0 Å². The molecule has 0 bridgehead atoms. The van der Waals surface area contributed by atoms with Crippen LogP contribution in [-0.4, -0.2) is 54.6 Å². The molecule has 0 saturated heterocycles. The van der Waals surface area contributed by atoms with Gasteiger partial charge in [0.25, 0.3) is 8.32 Å². The number of nitrogens with zero attached hydrogens (tertiary/aromatic N) is 1. The Hall–Kier alpha value is -0.373. The van der Waals surface area contributed by atoms with Crippen molar-refractivity contribution in [2.45, 2.75) is 83.5 Å². The molecule has 1 atom stereocenters. The van der Waals surface area contributed by atoms with E-state index in [1.165, 1.54) is 12.8 Å². The predicted octanol–water partition coefficient (Wildman–Crippen LogP) is 7.08. The molecular formula is C26H38BrNNaO3Si. The molecule has 1 fully saturated rings. The average molecular weight is 544 g/mol. The Morgan fingerprint density at radius 3 is 2.09 bits per heavy atom. The fourth-order valence-corrected chi connectivity index (χ4v) is 10.6. The zero-order valence-electron chi connectivity index (χ0n) is 21.3. The normalized spacial score (nSPS) is 15.0. The number of aliphatic hydroxyl groups is 1. The average Bonchev–Trinajstić information content (AvgIpc) is 3.56. The number of aromatic nitrogens is 1. The van der Waals surface area contributed by atoms with E-state index in [0.29, 0.717) is 28.7 Å². The molecule has 1 aromatic carbocycles. The van der Waals surface area contributed by atoms with Crippen molar-refractivity contribution in [3.63, 3.8) is 0 Å². The fraction of sp³-hybridized carbons (Fsp3) is 0.577. The summed E-state index contributed by atoms with van der Waals surface area (Å²) in [4.78, 5) is 4.55. The molecule has 2 aromatic rings. The molecule has 7 heteroatoms. The largest absolute Gasteiger partial charge is 0.542 e. The van der Waals surface area contributed by atoms with Crippen LogP contribution in [0.1, 0.15) is 71.7 Å². The van der Waals surface area contributed by atoms with E-state index >= 15 is 0 Å². The molecule has 1 aromatic heterocycles. The molecule has 1 saturated carbocycles. The summed E-state index contributed by atoms with van der Waals surface area (Å²) in [6.07, 6.45) is 4.13. The van der Waals surface area contributed by atoms with E-state index < -0.39 is 14.4 Å². The summed E-state index contributed by atoms with van der Waals surface area (Å²) in [6.45, 7) is 14.4. The summed E-state index contributed by atoms with van der Waals surface area (Å²) in [7, 11) is -2.02. The Bertz CT molecular complexity index is 866. The zero-order valence-corrected chi connectivity index (χ0v) is 25.9. The number of hydrogen-bond acceptors (Lipinski definition) is 4. The van der Waals surface area contributed by atoms with Gasteiger partial charge < -0.3 is 14.3 Å². The number of aliphatic hydroxyl groups excluding tert-OH is 1. The topological polar surface area (TPSA) is 51.6 Å². The van der Waals surface area contributed by atoms with Crippen LogP contribution in [0.5, 0.6) is 11.5 Å². The molecule has 177 valence electrons. The molecule has 1 aliphatic rings. The molecule has 0 amide bonds. The van der Waals surface area contributed by atoms with Gasteiger partial charge in [0, 0.05) is 40.5 Å². The standard InChI is InChI=1S/C26H38BrNO3Si.Na/c1-17(2)32(18(3)4,19(5)6)31-23-11-12-25(28-15-23)26(29)13-21-9-10-22(14-24(21)27)30-16-20-7-8-20;/h9-12,14-15,17-20,26,29H,7-8,13,16H2,1-6H3;. The van der Waals surface area contributed by atoms with Gasteiger partial charge in [0.2, 0.25) is 0 Å². The molecule has 3 rings (SSSR count). The van der Waals surface area contributed by atoms with E-state index in [2.05, 4.69) is 62.5 Å². The van der Waals surface area contributed by atoms with Crippen molar-refractivity contribution in [1.82, 2.24) is 4.98 Å². The van der Waals surface area contributed by atoms with Gasteiger partial charge in [-0.15, -0.1) is 0 Å². The third-order valence-corrected chi connectivity index (χ3v) is 13.5. The summed E-state index contributed by atoms with van der Waals surface area (Å²) >= 11 is 3.63. The summed E-state index contributed by atoms with van der Waals surface area (Å²) in [5.41, 5.74) is 3.19. The van der Waals surface area contributed by atoms with Gasteiger partial charge in [0.05, 0.1) is 24.6 Å². The first-order valence-electron chi connectivity index (χ1n) is 11.9. The molecule has 33 heavy (non-hydrogen) atoms. The van der Waals surface area contributed by atoms with Crippen LogP contribution in [0.25, 0.3) is 0 Å². The number of pyridine rings is 1. The van der Waals surface area contributed by atoms with Gasteiger partial charge in [-0.2, -0.15) is 0 Å². The monoisotopic (exact) mass is 542 g/mol. The molecule has 0 spiro atoms. The van der Waals surface area contributed by atoms with Gasteiger partial charge in [-0.3, -0.25) is 4.98 Å². The smallest absolute Gasteiger partial charge is 0.258 e. The third-order valence-electron chi connectivity index (χ3n) is 6.72. The van der Waals surface area contributed by atoms with Crippen LogP contribution in [0.3, 0.4) is 0 Å². The first kappa shape index (κ1) is 28.9. The number of ether oxygens (including phenoxy) is 1. The Morgan fingerprint density at radius 2 is 1.61 bits per heavy atom. The summed E-state index contributed by atoms with van der Waals surface area (Å²) in [5.74, 6) is 2.40. The third kappa shape index (κ3) is 7.31. The van der Waals surface area contributed by atoms with E-state index in [0.717, 1.165) is 34.1 Å². The van der Waals surface area contributed by atoms with Crippen LogP contribution >= 0.6 is 15.9 Å². The Labute approximate surface area is 231 Å². The molecule has 1 radical (unpaired) electrons.